The highest BCUT2D eigenvalue weighted by atomic mass is 32.2. The minimum Gasteiger partial charge on any atom is -0.207 e. The first-order valence-electron chi connectivity index (χ1n) is 5.24. The molecular weight excluding hydrogens is 240 g/mol. The third kappa shape index (κ3) is 2.41. The van der Waals surface area contributed by atoms with Crippen molar-refractivity contribution in [1.82, 2.24) is 4.31 Å². The lowest BCUT2D eigenvalue weighted by atomic mass is 10.3. The molecule has 0 amide bonds. The minimum absolute atomic E-state index is 0.251. The monoisotopic (exact) mass is 252 g/mol. The zero-order valence-corrected chi connectivity index (χ0v) is 9.92. The average molecular weight is 252 g/mol. The Hall–Kier alpha value is -1.56. The van der Waals surface area contributed by atoms with Gasteiger partial charge >= 0.3 is 0 Å². The van der Waals surface area contributed by atoms with Gasteiger partial charge in [-0.1, -0.05) is 23.3 Å². The van der Waals surface area contributed by atoms with Crippen LogP contribution in [0.3, 0.4) is 0 Å². The summed E-state index contributed by atoms with van der Waals surface area (Å²) in [6.45, 7) is 0.669. The Kier molecular flexibility index (Phi) is 3.33. The van der Waals surface area contributed by atoms with E-state index in [4.69, 9.17) is 5.53 Å². The van der Waals surface area contributed by atoms with Crippen LogP contribution in [0, 0.1) is 0 Å². The van der Waals surface area contributed by atoms with E-state index in [2.05, 4.69) is 10.0 Å². The molecule has 2 rings (SSSR count). The topological polar surface area (TPSA) is 86.1 Å². The van der Waals surface area contributed by atoms with Crippen molar-refractivity contribution in [2.24, 2.45) is 5.11 Å². The summed E-state index contributed by atoms with van der Waals surface area (Å²) >= 11 is 0. The molecule has 1 atom stereocenters. The van der Waals surface area contributed by atoms with Crippen molar-refractivity contribution in [2.75, 3.05) is 13.1 Å². The smallest absolute Gasteiger partial charge is 0.207 e. The molecule has 0 spiro atoms. The fourth-order valence-corrected chi connectivity index (χ4v) is 3.35. The molecule has 1 aliphatic rings. The van der Waals surface area contributed by atoms with Gasteiger partial charge < -0.3 is 0 Å². The molecule has 1 aromatic rings. The number of rotatable bonds is 3. The average Bonchev–Trinajstić information content (AvgIpc) is 2.80. The van der Waals surface area contributed by atoms with E-state index in [0.29, 0.717) is 13.0 Å². The van der Waals surface area contributed by atoms with Gasteiger partial charge in [0, 0.05) is 18.0 Å². The van der Waals surface area contributed by atoms with Crippen molar-refractivity contribution < 1.29 is 8.42 Å². The minimum atomic E-state index is -3.44. The standard InChI is InChI=1S/C10H12N4O2S/c11-13-12-9-6-7-14(8-9)17(15,16)10-4-2-1-3-5-10/h1-5,9H,6-8H2. The normalized spacial score (nSPS) is 21.1. The van der Waals surface area contributed by atoms with E-state index >= 15 is 0 Å². The molecule has 0 N–H and O–H groups in total. The Morgan fingerprint density at radius 3 is 2.71 bits per heavy atom. The van der Waals surface area contributed by atoms with E-state index in [1.54, 1.807) is 30.3 Å². The quantitative estimate of drug-likeness (QED) is 0.466. The van der Waals surface area contributed by atoms with Crippen molar-refractivity contribution in [3.63, 3.8) is 0 Å². The molecule has 1 fully saturated rings. The number of hydrogen-bond donors (Lipinski definition) is 0. The SMILES string of the molecule is [N-]=[N+]=NC1CCN(S(=O)(=O)c2ccccc2)C1. The van der Waals surface area contributed by atoms with E-state index < -0.39 is 10.0 Å². The fraction of sp³-hybridized carbons (Fsp3) is 0.400. The lowest BCUT2D eigenvalue weighted by molar-refractivity contribution is 0.472. The second-order valence-electron chi connectivity index (χ2n) is 3.82. The molecule has 6 nitrogen and oxygen atoms in total. The highest BCUT2D eigenvalue weighted by Gasteiger charge is 2.31. The van der Waals surface area contributed by atoms with Gasteiger partial charge in [0.15, 0.2) is 0 Å². The third-order valence-electron chi connectivity index (χ3n) is 2.72. The van der Waals surface area contributed by atoms with Crippen molar-refractivity contribution in [1.29, 1.82) is 0 Å². The number of nitrogens with zero attached hydrogens (tertiary/aromatic N) is 4. The van der Waals surface area contributed by atoms with Gasteiger partial charge in [-0.2, -0.15) is 4.31 Å². The summed E-state index contributed by atoms with van der Waals surface area (Å²) in [5.41, 5.74) is 8.32. The van der Waals surface area contributed by atoms with Gasteiger partial charge in [-0.25, -0.2) is 8.42 Å². The summed E-state index contributed by atoms with van der Waals surface area (Å²) in [5.74, 6) is 0. The van der Waals surface area contributed by atoms with Crippen LogP contribution in [0.25, 0.3) is 10.4 Å². The summed E-state index contributed by atoms with van der Waals surface area (Å²) in [6.07, 6.45) is 0.579. The van der Waals surface area contributed by atoms with Crippen LogP contribution in [0.5, 0.6) is 0 Å². The zero-order chi connectivity index (χ0) is 12.3. The molecule has 0 aromatic heterocycles. The molecule has 0 bridgehead atoms. The molecule has 1 aliphatic heterocycles. The Morgan fingerprint density at radius 1 is 1.35 bits per heavy atom. The second kappa shape index (κ2) is 4.75. The van der Waals surface area contributed by atoms with Crippen molar-refractivity contribution in [2.45, 2.75) is 17.4 Å². The van der Waals surface area contributed by atoms with Crippen LogP contribution >= 0.6 is 0 Å². The second-order valence-corrected chi connectivity index (χ2v) is 5.76. The Balaban J connectivity index is 2.21. The fourth-order valence-electron chi connectivity index (χ4n) is 1.84. The number of benzene rings is 1. The van der Waals surface area contributed by atoms with Gasteiger partial charge in [0.1, 0.15) is 0 Å². The molecule has 0 aliphatic carbocycles. The highest BCUT2D eigenvalue weighted by molar-refractivity contribution is 7.89. The van der Waals surface area contributed by atoms with Crippen molar-refractivity contribution in [3.05, 3.63) is 40.8 Å². The maximum atomic E-state index is 12.2. The molecule has 7 heteroatoms. The van der Waals surface area contributed by atoms with Gasteiger partial charge in [-0.15, -0.1) is 0 Å². The number of sulfonamides is 1. The molecule has 0 radical (unpaired) electrons. The Morgan fingerprint density at radius 2 is 2.06 bits per heavy atom. The van der Waals surface area contributed by atoms with E-state index in [0.717, 1.165) is 0 Å². The first kappa shape index (κ1) is 11.9. The van der Waals surface area contributed by atoms with Gasteiger partial charge in [-0.05, 0) is 24.1 Å². The van der Waals surface area contributed by atoms with Crippen LogP contribution in [-0.4, -0.2) is 31.9 Å². The van der Waals surface area contributed by atoms with Crippen LogP contribution in [0.2, 0.25) is 0 Å². The molecular formula is C10H12N4O2S. The summed E-state index contributed by atoms with van der Waals surface area (Å²) in [5, 5.41) is 3.56. The van der Waals surface area contributed by atoms with E-state index in [-0.39, 0.29) is 17.5 Å². The summed E-state index contributed by atoms with van der Waals surface area (Å²) in [7, 11) is -3.44. The first-order valence-corrected chi connectivity index (χ1v) is 6.68. The molecule has 17 heavy (non-hydrogen) atoms. The predicted molar refractivity (Wildman–Crippen MR) is 62.8 cm³/mol. The van der Waals surface area contributed by atoms with E-state index in [1.807, 2.05) is 0 Å². The largest absolute Gasteiger partial charge is 0.243 e. The van der Waals surface area contributed by atoms with Crippen molar-refractivity contribution in [3.8, 4) is 0 Å². The Labute approximate surface area is 99.5 Å². The summed E-state index contributed by atoms with van der Waals surface area (Å²) in [6, 6.07) is 8.03. The van der Waals surface area contributed by atoms with Crippen molar-refractivity contribution >= 4 is 10.0 Å². The van der Waals surface area contributed by atoms with Crippen LogP contribution in [0.1, 0.15) is 6.42 Å². The van der Waals surface area contributed by atoms with Gasteiger partial charge in [0.05, 0.1) is 10.9 Å². The lowest BCUT2D eigenvalue weighted by Crippen LogP contribution is -2.29. The van der Waals surface area contributed by atoms with E-state index in [1.165, 1.54) is 4.31 Å². The molecule has 1 saturated heterocycles. The van der Waals surface area contributed by atoms with Gasteiger partial charge in [-0.3, -0.25) is 0 Å². The van der Waals surface area contributed by atoms with Crippen LogP contribution in [0.15, 0.2) is 40.3 Å². The molecule has 1 aromatic carbocycles. The predicted octanol–water partition coefficient (Wildman–Crippen LogP) is 1.76. The molecule has 0 saturated carbocycles. The zero-order valence-electron chi connectivity index (χ0n) is 9.10. The van der Waals surface area contributed by atoms with Gasteiger partial charge in [0.25, 0.3) is 0 Å². The molecule has 1 unspecified atom stereocenters. The summed E-state index contributed by atoms with van der Waals surface area (Å²) < 4.78 is 25.7. The van der Waals surface area contributed by atoms with Gasteiger partial charge in [0.2, 0.25) is 10.0 Å². The van der Waals surface area contributed by atoms with Crippen LogP contribution < -0.4 is 0 Å². The van der Waals surface area contributed by atoms with E-state index in [9.17, 15) is 8.42 Å². The highest BCUT2D eigenvalue weighted by Crippen LogP contribution is 2.22. The molecule has 1 heterocycles. The third-order valence-corrected chi connectivity index (χ3v) is 4.60. The molecule has 90 valence electrons. The maximum absolute atomic E-state index is 12.2. The number of hydrogen-bond acceptors (Lipinski definition) is 3. The van der Waals surface area contributed by atoms with Crippen LogP contribution in [0.4, 0.5) is 0 Å². The maximum Gasteiger partial charge on any atom is 0.243 e. The first-order chi connectivity index (χ1) is 8.14. The lowest BCUT2D eigenvalue weighted by Gasteiger charge is -2.15. The van der Waals surface area contributed by atoms with Crippen LogP contribution in [-0.2, 0) is 10.0 Å². The summed E-state index contributed by atoms with van der Waals surface area (Å²) in [4.78, 5) is 2.99. The number of azide groups is 1. The Bertz CT molecular complexity index is 537.